The highest BCUT2D eigenvalue weighted by molar-refractivity contribution is 5.82. The van der Waals surface area contributed by atoms with Crippen LogP contribution in [-0.4, -0.2) is 48.2 Å². The minimum atomic E-state index is -0.0127. The third-order valence-corrected chi connectivity index (χ3v) is 4.54. The summed E-state index contributed by atoms with van der Waals surface area (Å²) in [7, 11) is 0. The maximum absolute atomic E-state index is 12.7. The number of likely N-dealkylation sites (tertiary alicyclic amines) is 1. The number of amides is 1. The number of carbonyl (C=O) groups excluding carboxylic acids is 1. The predicted molar refractivity (Wildman–Crippen MR) is 80.4 cm³/mol. The molecular weight excluding hydrogens is 252 g/mol. The molecule has 1 atom stereocenters. The van der Waals surface area contributed by atoms with Crippen molar-refractivity contribution >= 4 is 5.91 Å². The molecule has 1 aliphatic heterocycles. The van der Waals surface area contributed by atoms with E-state index in [2.05, 4.69) is 19.2 Å². The molecule has 1 unspecified atom stereocenters. The van der Waals surface area contributed by atoms with Crippen LogP contribution < -0.4 is 5.32 Å². The van der Waals surface area contributed by atoms with Gasteiger partial charge in [0.1, 0.15) is 0 Å². The highest BCUT2D eigenvalue weighted by Gasteiger charge is 2.30. The number of hydrogen-bond donors (Lipinski definition) is 2. The van der Waals surface area contributed by atoms with Gasteiger partial charge in [0.25, 0.3) is 0 Å². The van der Waals surface area contributed by atoms with Crippen molar-refractivity contribution in [3.05, 3.63) is 0 Å². The van der Waals surface area contributed by atoms with Crippen molar-refractivity contribution < 1.29 is 9.90 Å². The zero-order valence-electron chi connectivity index (χ0n) is 13.0. The lowest BCUT2D eigenvalue weighted by atomic mass is 9.96. The van der Waals surface area contributed by atoms with Crippen LogP contribution in [0.5, 0.6) is 0 Å². The molecule has 2 rings (SSSR count). The van der Waals surface area contributed by atoms with Crippen LogP contribution in [0.15, 0.2) is 0 Å². The number of nitrogens with zero attached hydrogens (tertiary/aromatic N) is 1. The lowest BCUT2D eigenvalue weighted by Gasteiger charge is -2.34. The minimum Gasteiger partial charge on any atom is -0.396 e. The van der Waals surface area contributed by atoms with Gasteiger partial charge < -0.3 is 15.3 Å². The second kappa shape index (κ2) is 7.41. The number of hydrogen-bond acceptors (Lipinski definition) is 3. The summed E-state index contributed by atoms with van der Waals surface area (Å²) in [6, 6.07) is -0.0127. The Hall–Kier alpha value is -0.610. The molecule has 0 radical (unpaired) electrons. The Morgan fingerprint density at radius 3 is 2.35 bits per heavy atom. The smallest absolute Gasteiger partial charge is 0.239 e. The second-order valence-electron chi connectivity index (χ2n) is 6.98. The van der Waals surface area contributed by atoms with Crippen molar-refractivity contribution in [1.82, 2.24) is 10.2 Å². The average molecular weight is 282 g/mol. The van der Waals surface area contributed by atoms with E-state index in [1.54, 1.807) is 0 Å². The van der Waals surface area contributed by atoms with E-state index >= 15 is 0 Å². The summed E-state index contributed by atoms with van der Waals surface area (Å²) in [5.41, 5.74) is 0. The fraction of sp³-hybridized carbons (Fsp3) is 0.938. The van der Waals surface area contributed by atoms with E-state index in [0.717, 1.165) is 44.8 Å². The first kappa shape index (κ1) is 15.8. The highest BCUT2D eigenvalue weighted by atomic mass is 16.3. The van der Waals surface area contributed by atoms with Crippen LogP contribution in [0.2, 0.25) is 0 Å². The maximum atomic E-state index is 12.7. The van der Waals surface area contributed by atoms with Gasteiger partial charge in [-0.05, 0) is 56.4 Å². The third-order valence-electron chi connectivity index (χ3n) is 4.54. The van der Waals surface area contributed by atoms with Gasteiger partial charge in [0.2, 0.25) is 5.91 Å². The Bertz CT molecular complexity index is 308. The molecule has 2 fully saturated rings. The lowest BCUT2D eigenvalue weighted by molar-refractivity contribution is -0.135. The minimum absolute atomic E-state index is 0.0127. The van der Waals surface area contributed by atoms with E-state index in [1.807, 2.05) is 4.90 Å². The van der Waals surface area contributed by atoms with Crippen molar-refractivity contribution in [2.24, 2.45) is 17.8 Å². The van der Waals surface area contributed by atoms with Gasteiger partial charge in [0, 0.05) is 19.7 Å². The second-order valence-corrected chi connectivity index (χ2v) is 6.98. The highest BCUT2D eigenvalue weighted by Crippen LogP contribution is 2.28. The first-order chi connectivity index (χ1) is 9.60. The molecule has 2 aliphatic rings. The molecule has 0 spiro atoms. The van der Waals surface area contributed by atoms with Crippen molar-refractivity contribution in [3.8, 4) is 0 Å². The molecule has 0 aromatic heterocycles. The Morgan fingerprint density at radius 2 is 1.85 bits per heavy atom. The van der Waals surface area contributed by atoms with E-state index in [4.69, 9.17) is 0 Å². The quantitative estimate of drug-likeness (QED) is 0.746. The SMILES string of the molecule is CC(C)CC(NCC1CC1)C(=O)N1CCC(CO)CC1. The van der Waals surface area contributed by atoms with Crippen molar-refractivity contribution in [2.75, 3.05) is 26.2 Å². The average Bonchev–Trinajstić information content (AvgIpc) is 3.26. The zero-order valence-corrected chi connectivity index (χ0v) is 13.0. The summed E-state index contributed by atoms with van der Waals surface area (Å²) in [5, 5.41) is 12.7. The molecule has 2 N–H and O–H groups in total. The molecule has 1 amide bonds. The van der Waals surface area contributed by atoms with Gasteiger partial charge in [-0.3, -0.25) is 4.79 Å². The van der Waals surface area contributed by atoms with Crippen LogP contribution in [0, 0.1) is 17.8 Å². The van der Waals surface area contributed by atoms with Gasteiger partial charge in [-0.15, -0.1) is 0 Å². The van der Waals surface area contributed by atoms with Crippen LogP contribution in [0.25, 0.3) is 0 Å². The molecule has 0 bridgehead atoms. The molecule has 4 heteroatoms. The first-order valence-electron chi connectivity index (χ1n) is 8.23. The Labute approximate surface area is 122 Å². The lowest BCUT2D eigenvalue weighted by Crippen LogP contribution is -2.50. The molecule has 1 heterocycles. The summed E-state index contributed by atoms with van der Waals surface area (Å²) in [4.78, 5) is 14.7. The van der Waals surface area contributed by atoms with Crippen LogP contribution in [-0.2, 0) is 4.79 Å². The molecular formula is C16H30N2O2. The number of aliphatic hydroxyl groups is 1. The molecule has 20 heavy (non-hydrogen) atoms. The van der Waals surface area contributed by atoms with Crippen molar-refractivity contribution in [2.45, 2.75) is 52.0 Å². The summed E-state index contributed by atoms with van der Waals surface area (Å²) >= 11 is 0. The van der Waals surface area contributed by atoms with Gasteiger partial charge in [-0.1, -0.05) is 13.8 Å². The Balaban J connectivity index is 1.84. The fourth-order valence-electron chi connectivity index (χ4n) is 2.93. The van der Waals surface area contributed by atoms with E-state index in [1.165, 1.54) is 12.8 Å². The molecule has 4 nitrogen and oxygen atoms in total. The molecule has 0 aromatic carbocycles. The summed E-state index contributed by atoms with van der Waals surface area (Å²) < 4.78 is 0. The number of nitrogens with one attached hydrogen (secondary N) is 1. The molecule has 116 valence electrons. The monoisotopic (exact) mass is 282 g/mol. The summed E-state index contributed by atoms with van der Waals surface area (Å²) in [5.74, 6) is 2.00. The Kier molecular flexibility index (Phi) is 5.85. The van der Waals surface area contributed by atoms with Crippen LogP contribution in [0.4, 0.5) is 0 Å². The number of carbonyl (C=O) groups is 1. The van der Waals surface area contributed by atoms with Crippen LogP contribution in [0.3, 0.4) is 0 Å². The molecule has 1 aliphatic carbocycles. The number of piperidine rings is 1. The van der Waals surface area contributed by atoms with Crippen LogP contribution in [0.1, 0.15) is 46.0 Å². The molecule has 1 saturated heterocycles. The maximum Gasteiger partial charge on any atom is 0.239 e. The number of rotatable bonds is 7. The van der Waals surface area contributed by atoms with E-state index in [0.29, 0.717) is 11.8 Å². The van der Waals surface area contributed by atoms with Crippen molar-refractivity contribution in [1.29, 1.82) is 0 Å². The largest absolute Gasteiger partial charge is 0.396 e. The van der Waals surface area contributed by atoms with Gasteiger partial charge in [0.15, 0.2) is 0 Å². The zero-order chi connectivity index (χ0) is 14.5. The van der Waals surface area contributed by atoms with Crippen LogP contribution >= 0.6 is 0 Å². The Morgan fingerprint density at radius 1 is 1.20 bits per heavy atom. The van der Waals surface area contributed by atoms with E-state index in [-0.39, 0.29) is 18.6 Å². The van der Waals surface area contributed by atoms with E-state index < -0.39 is 0 Å². The summed E-state index contributed by atoms with van der Waals surface area (Å²) in [6.45, 7) is 7.23. The fourth-order valence-corrected chi connectivity index (χ4v) is 2.93. The predicted octanol–water partition coefficient (Wildman–Crippen LogP) is 1.63. The van der Waals surface area contributed by atoms with Gasteiger partial charge in [-0.25, -0.2) is 0 Å². The van der Waals surface area contributed by atoms with E-state index in [9.17, 15) is 9.90 Å². The first-order valence-corrected chi connectivity index (χ1v) is 8.23. The molecule has 0 aromatic rings. The summed E-state index contributed by atoms with van der Waals surface area (Å²) in [6.07, 6.45) is 5.44. The topological polar surface area (TPSA) is 52.6 Å². The van der Waals surface area contributed by atoms with Gasteiger partial charge in [0.05, 0.1) is 6.04 Å². The third kappa shape index (κ3) is 4.74. The molecule has 1 saturated carbocycles. The normalized spacial score (nSPS) is 22.3. The number of aliphatic hydroxyl groups excluding tert-OH is 1. The van der Waals surface area contributed by atoms with Crippen molar-refractivity contribution in [3.63, 3.8) is 0 Å². The van der Waals surface area contributed by atoms with Gasteiger partial charge >= 0.3 is 0 Å². The standard InChI is InChI=1S/C16H30N2O2/c1-12(2)9-15(17-10-13-3-4-13)16(20)18-7-5-14(11-19)6-8-18/h12-15,17,19H,3-11H2,1-2H3. The van der Waals surface area contributed by atoms with Gasteiger partial charge in [-0.2, -0.15) is 0 Å².